The third kappa shape index (κ3) is 3.99. The minimum absolute atomic E-state index is 0.0235. The maximum atomic E-state index is 12.8. The average molecular weight is 416 g/mol. The lowest BCUT2D eigenvalue weighted by atomic mass is 10.0. The predicted molar refractivity (Wildman–Crippen MR) is 114 cm³/mol. The topological polar surface area (TPSA) is 119 Å². The molecule has 0 unspecified atom stereocenters. The van der Waals surface area contributed by atoms with E-state index in [0.717, 1.165) is 11.6 Å². The molecule has 4 aromatic rings. The van der Waals surface area contributed by atoms with Gasteiger partial charge < -0.3 is 19.6 Å². The number of carbonyl (C=O) groups is 2. The maximum absolute atomic E-state index is 12.8. The fourth-order valence-corrected chi connectivity index (χ4v) is 3.10. The van der Waals surface area contributed by atoms with E-state index >= 15 is 0 Å². The van der Waals surface area contributed by atoms with Crippen molar-refractivity contribution in [2.24, 2.45) is 0 Å². The van der Waals surface area contributed by atoms with E-state index in [1.165, 1.54) is 7.11 Å². The molecule has 0 aliphatic rings. The lowest BCUT2D eigenvalue weighted by Gasteiger charge is -2.12. The fourth-order valence-electron chi connectivity index (χ4n) is 3.10. The van der Waals surface area contributed by atoms with Gasteiger partial charge in [0.1, 0.15) is 5.75 Å². The summed E-state index contributed by atoms with van der Waals surface area (Å²) in [6.45, 7) is 0. The second-order valence-electron chi connectivity index (χ2n) is 6.60. The van der Waals surface area contributed by atoms with Crippen LogP contribution >= 0.6 is 0 Å². The Labute approximate surface area is 175 Å². The smallest absolute Gasteiger partial charge is 0.371 e. The molecule has 31 heavy (non-hydrogen) atoms. The molecule has 1 amide bonds. The van der Waals surface area contributed by atoms with Gasteiger partial charge in [0.15, 0.2) is 11.0 Å². The molecule has 2 N–H and O–H groups in total. The van der Waals surface area contributed by atoms with Gasteiger partial charge in [-0.05, 0) is 59.7 Å². The Bertz CT molecular complexity index is 1340. The molecule has 154 valence electrons. The maximum Gasteiger partial charge on any atom is 0.371 e. The average Bonchev–Trinajstić information content (AvgIpc) is 2.79. The van der Waals surface area contributed by atoms with Gasteiger partial charge in [-0.15, -0.1) is 0 Å². The number of aromatic carboxylic acids is 1. The third-order valence-electron chi connectivity index (χ3n) is 4.65. The van der Waals surface area contributed by atoms with Crippen LogP contribution in [0, 0.1) is 0 Å². The first-order valence-electron chi connectivity index (χ1n) is 9.17. The summed E-state index contributed by atoms with van der Waals surface area (Å²) in [7, 11) is 1.52. The van der Waals surface area contributed by atoms with E-state index in [1.54, 1.807) is 60.9 Å². The predicted octanol–water partition coefficient (Wildman–Crippen LogP) is 3.81. The summed E-state index contributed by atoms with van der Waals surface area (Å²) in [6, 6.07) is 14.1. The number of fused-ring (bicyclic) bond motifs is 1. The second-order valence-corrected chi connectivity index (χ2v) is 6.60. The molecule has 4 rings (SSSR count). The Hall–Kier alpha value is -4.46. The Morgan fingerprint density at radius 3 is 2.35 bits per heavy atom. The number of nitrogens with one attached hydrogen (secondary N) is 1. The van der Waals surface area contributed by atoms with Crippen molar-refractivity contribution in [3.8, 4) is 16.9 Å². The Balaban J connectivity index is 1.86. The number of amides is 1. The van der Waals surface area contributed by atoms with Crippen molar-refractivity contribution in [2.75, 3.05) is 12.4 Å². The Morgan fingerprint density at radius 1 is 1.00 bits per heavy atom. The van der Waals surface area contributed by atoms with Crippen molar-refractivity contribution in [1.29, 1.82) is 0 Å². The van der Waals surface area contributed by atoms with Crippen LogP contribution in [0.3, 0.4) is 0 Å². The van der Waals surface area contributed by atoms with Gasteiger partial charge in [0, 0.05) is 24.0 Å². The number of carboxylic acids is 1. The number of hydrogen-bond donors (Lipinski definition) is 2. The summed E-state index contributed by atoms with van der Waals surface area (Å²) < 4.78 is 10.5. The number of ether oxygens (including phenoxy) is 1. The zero-order valence-corrected chi connectivity index (χ0v) is 16.3. The van der Waals surface area contributed by atoms with Crippen LogP contribution in [0.4, 0.5) is 5.69 Å². The van der Waals surface area contributed by atoms with Crippen LogP contribution in [0.2, 0.25) is 0 Å². The van der Waals surface area contributed by atoms with Crippen LogP contribution < -0.4 is 15.5 Å². The van der Waals surface area contributed by atoms with Crippen molar-refractivity contribution in [1.82, 2.24) is 4.98 Å². The Morgan fingerprint density at radius 2 is 1.71 bits per heavy atom. The molecular formula is C23H16N2O6. The molecule has 2 heterocycles. The molecule has 0 aliphatic heterocycles. The van der Waals surface area contributed by atoms with E-state index in [9.17, 15) is 19.5 Å². The number of rotatable bonds is 5. The van der Waals surface area contributed by atoms with Crippen LogP contribution in [0.5, 0.6) is 5.75 Å². The number of methoxy groups -OCH3 is 1. The molecule has 0 saturated carbocycles. The number of benzene rings is 2. The molecule has 2 aromatic heterocycles. The molecule has 0 bridgehead atoms. The highest BCUT2D eigenvalue weighted by atomic mass is 16.5. The summed E-state index contributed by atoms with van der Waals surface area (Å²) in [5.74, 6) is -1.77. The highest BCUT2D eigenvalue weighted by molar-refractivity contribution is 6.09. The van der Waals surface area contributed by atoms with Gasteiger partial charge >= 0.3 is 5.97 Å². The number of carboxylic acid groups (broad SMARTS) is 1. The number of carbonyl (C=O) groups excluding carboxylic acids is 1. The van der Waals surface area contributed by atoms with E-state index in [1.807, 2.05) is 0 Å². The van der Waals surface area contributed by atoms with Crippen molar-refractivity contribution < 1.29 is 23.8 Å². The van der Waals surface area contributed by atoms with Crippen molar-refractivity contribution in [3.05, 3.63) is 88.5 Å². The Kier molecular flexibility index (Phi) is 5.19. The third-order valence-corrected chi connectivity index (χ3v) is 4.65. The van der Waals surface area contributed by atoms with Crippen molar-refractivity contribution >= 4 is 28.5 Å². The van der Waals surface area contributed by atoms with Gasteiger partial charge in [-0.3, -0.25) is 14.6 Å². The highest BCUT2D eigenvalue weighted by Crippen LogP contribution is 2.30. The fraction of sp³-hybridized carbons (Fsp3) is 0.0435. The van der Waals surface area contributed by atoms with Crippen LogP contribution in [-0.2, 0) is 0 Å². The highest BCUT2D eigenvalue weighted by Gasteiger charge is 2.17. The van der Waals surface area contributed by atoms with Crippen molar-refractivity contribution in [2.45, 2.75) is 0 Å². The van der Waals surface area contributed by atoms with Gasteiger partial charge in [-0.2, -0.15) is 0 Å². The summed E-state index contributed by atoms with van der Waals surface area (Å²) in [5.41, 5.74) is 1.36. The number of pyridine rings is 1. The molecule has 0 saturated heterocycles. The minimum Gasteiger partial charge on any atom is -0.497 e. The first-order chi connectivity index (χ1) is 15.0. The second kappa shape index (κ2) is 8.11. The van der Waals surface area contributed by atoms with E-state index in [2.05, 4.69) is 10.3 Å². The molecule has 2 aromatic carbocycles. The van der Waals surface area contributed by atoms with Crippen molar-refractivity contribution in [3.63, 3.8) is 0 Å². The summed E-state index contributed by atoms with van der Waals surface area (Å²) in [4.78, 5) is 40.8. The SMILES string of the molecule is COc1ccc(C(=O)Nc2cc(-c3ccncc3)cc3c(=O)cc(C(=O)O)oc23)cc1. The number of nitrogens with zero attached hydrogens (tertiary/aromatic N) is 1. The normalized spacial score (nSPS) is 10.6. The summed E-state index contributed by atoms with van der Waals surface area (Å²) in [6.07, 6.45) is 3.20. The molecule has 0 aliphatic carbocycles. The quantitative estimate of drug-likeness (QED) is 0.508. The molecule has 0 fully saturated rings. The number of anilines is 1. The lowest BCUT2D eigenvalue weighted by molar-refractivity contribution is 0.0663. The van der Waals surface area contributed by atoms with E-state index in [0.29, 0.717) is 16.9 Å². The first kappa shape index (κ1) is 19.8. The number of hydrogen-bond acceptors (Lipinski definition) is 6. The molecule has 8 nitrogen and oxygen atoms in total. The van der Waals surface area contributed by atoms with Gasteiger partial charge in [0.05, 0.1) is 18.2 Å². The van der Waals surface area contributed by atoms with E-state index in [-0.39, 0.29) is 16.7 Å². The van der Waals surface area contributed by atoms with Crippen LogP contribution in [-0.4, -0.2) is 29.1 Å². The van der Waals surface area contributed by atoms with Crippen LogP contribution in [0.15, 0.2) is 76.2 Å². The van der Waals surface area contributed by atoms with E-state index < -0.39 is 23.1 Å². The zero-order valence-electron chi connectivity index (χ0n) is 16.3. The van der Waals surface area contributed by atoms with Gasteiger partial charge in [0.25, 0.3) is 5.91 Å². The van der Waals surface area contributed by atoms with Gasteiger partial charge in [0.2, 0.25) is 5.76 Å². The molecule has 0 atom stereocenters. The summed E-state index contributed by atoms with van der Waals surface area (Å²) in [5, 5.41) is 12.1. The molecule has 0 radical (unpaired) electrons. The van der Waals surface area contributed by atoms with E-state index in [4.69, 9.17) is 9.15 Å². The zero-order chi connectivity index (χ0) is 22.0. The van der Waals surface area contributed by atoms with Crippen LogP contribution in [0.1, 0.15) is 20.9 Å². The molecule has 8 heteroatoms. The monoisotopic (exact) mass is 416 g/mol. The molecular weight excluding hydrogens is 400 g/mol. The largest absolute Gasteiger partial charge is 0.497 e. The van der Waals surface area contributed by atoms with Crippen LogP contribution in [0.25, 0.3) is 22.1 Å². The first-order valence-corrected chi connectivity index (χ1v) is 9.17. The van der Waals surface area contributed by atoms with Gasteiger partial charge in [-0.25, -0.2) is 4.79 Å². The number of aromatic nitrogens is 1. The van der Waals surface area contributed by atoms with Gasteiger partial charge in [-0.1, -0.05) is 0 Å². The summed E-state index contributed by atoms with van der Waals surface area (Å²) >= 11 is 0. The standard InChI is InChI=1S/C23H16N2O6/c1-30-16-4-2-14(3-5-16)22(27)25-18-11-15(13-6-8-24-9-7-13)10-17-19(26)12-20(23(28)29)31-21(17)18/h2-12H,1H3,(H,25,27)(H,28,29). The lowest BCUT2D eigenvalue weighted by Crippen LogP contribution is -2.14. The molecule has 0 spiro atoms. The minimum atomic E-state index is -1.38.